The minimum atomic E-state index is -0.161. The normalized spacial score (nSPS) is 28.8. The van der Waals surface area contributed by atoms with Gasteiger partial charge in [-0.05, 0) is 19.3 Å². The SMILES string of the molecule is N=C1CCCC(N)C1=N. The van der Waals surface area contributed by atoms with Gasteiger partial charge >= 0.3 is 0 Å². The lowest BCUT2D eigenvalue weighted by atomic mass is 9.92. The lowest BCUT2D eigenvalue weighted by Gasteiger charge is -2.18. The third-order valence-electron chi connectivity index (χ3n) is 1.64. The van der Waals surface area contributed by atoms with Crippen LogP contribution in [0.3, 0.4) is 0 Å². The molecule has 0 aromatic rings. The fraction of sp³-hybridized carbons (Fsp3) is 0.667. The fourth-order valence-corrected chi connectivity index (χ4v) is 1.00. The van der Waals surface area contributed by atoms with Gasteiger partial charge in [-0.15, -0.1) is 0 Å². The molecule has 3 heteroatoms. The number of rotatable bonds is 0. The van der Waals surface area contributed by atoms with Crippen LogP contribution in [0.15, 0.2) is 0 Å². The standard InChI is InChI=1S/C6H11N3/c7-4-2-1-3-5(8)6(4)9/h4,8-9H,1-3,7H2. The number of hydrogen-bond donors (Lipinski definition) is 3. The topological polar surface area (TPSA) is 73.7 Å². The van der Waals surface area contributed by atoms with E-state index in [0.29, 0.717) is 11.4 Å². The highest BCUT2D eigenvalue weighted by atomic mass is 14.7. The minimum absolute atomic E-state index is 0.161. The Morgan fingerprint density at radius 1 is 1.44 bits per heavy atom. The first-order valence-electron chi connectivity index (χ1n) is 3.13. The molecule has 9 heavy (non-hydrogen) atoms. The van der Waals surface area contributed by atoms with Crippen molar-refractivity contribution in [1.82, 2.24) is 0 Å². The number of nitrogens with one attached hydrogen (secondary N) is 2. The molecular formula is C6H11N3. The number of nitrogens with two attached hydrogens (primary N) is 1. The lowest BCUT2D eigenvalue weighted by Crippen LogP contribution is -2.38. The first-order valence-corrected chi connectivity index (χ1v) is 3.13. The van der Waals surface area contributed by atoms with Crippen molar-refractivity contribution in [2.75, 3.05) is 0 Å². The Morgan fingerprint density at radius 3 is 2.56 bits per heavy atom. The van der Waals surface area contributed by atoms with Gasteiger partial charge in [0.25, 0.3) is 0 Å². The molecule has 50 valence electrons. The summed E-state index contributed by atoms with van der Waals surface area (Å²) < 4.78 is 0. The molecule has 3 nitrogen and oxygen atoms in total. The summed E-state index contributed by atoms with van der Waals surface area (Å²) in [5.74, 6) is 0. The third-order valence-corrected chi connectivity index (χ3v) is 1.64. The van der Waals surface area contributed by atoms with E-state index in [1.165, 1.54) is 0 Å². The molecule has 0 heterocycles. The average molecular weight is 125 g/mol. The molecule has 1 saturated carbocycles. The van der Waals surface area contributed by atoms with E-state index in [-0.39, 0.29) is 6.04 Å². The van der Waals surface area contributed by atoms with Gasteiger partial charge in [0.05, 0.1) is 11.4 Å². The molecule has 1 aliphatic rings. The zero-order valence-electron chi connectivity index (χ0n) is 5.28. The Balaban J connectivity index is 2.62. The second kappa shape index (κ2) is 2.27. The van der Waals surface area contributed by atoms with Crippen LogP contribution in [0.25, 0.3) is 0 Å². The lowest BCUT2D eigenvalue weighted by molar-refractivity contribution is 0.687. The summed E-state index contributed by atoms with van der Waals surface area (Å²) in [7, 11) is 0. The molecule has 0 saturated heterocycles. The van der Waals surface area contributed by atoms with Crippen molar-refractivity contribution in [3.63, 3.8) is 0 Å². The van der Waals surface area contributed by atoms with E-state index < -0.39 is 0 Å². The van der Waals surface area contributed by atoms with Crippen molar-refractivity contribution in [3.05, 3.63) is 0 Å². The average Bonchev–Trinajstić information content (AvgIpc) is 1.83. The predicted molar refractivity (Wildman–Crippen MR) is 37.3 cm³/mol. The Hall–Kier alpha value is -0.700. The highest BCUT2D eigenvalue weighted by molar-refractivity contribution is 6.42. The van der Waals surface area contributed by atoms with Gasteiger partial charge in [0.15, 0.2) is 0 Å². The summed E-state index contributed by atoms with van der Waals surface area (Å²) in [6.07, 6.45) is 2.59. The Labute approximate surface area is 54.3 Å². The molecule has 0 spiro atoms. The van der Waals surface area contributed by atoms with E-state index in [2.05, 4.69) is 0 Å². The molecule has 0 amide bonds. The highest BCUT2D eigenvalue weighted by Gasteiger charge is 2.18. The van der Waals surface area contributed by atoms with E-state index in [1.807, 2.05) is 0 Å². The van der Waals surface area contributed by atoms with Crippen LogP contribution in [-0.4, -0.2) is 17.5 Å². The van der Waals surface area contributed by atoms with Crippen LogP contribution in [0.2, 0.25) is 0 Å². The van der Waals surface area contributed by atoms with Crippen LogP contribution >= 0.6 is 0 Å². The van der Waals surface area contributed by atoms with Crippen molar-refractivity contribution >= 4 is 11.4 Å². The smallest absolute Gasteiger partial charge is 0.0688 e. The van der Waals surface area contributed by atoms with Crippen molar-refractivity contribution in [2.24, 2.45) is 5.73 Å². The fourth-order valence-electron chi connectivity index (χ4n) is 1.00. The van der Waals surface area contributed by atoms with E-state index >= 15 is 0 Å². The molecule has 0 bridgehead atoms. The largest absolute Gasteiger partial charge is 0.323 e. The van der Waals surface area contributed by atoms with Crippen LogP contribution < -0.4 is 5.73 Å². The Bertz CT molecular complexity index is 150. The van der Waals surface area contributed by atoms with Gasteiger partial charge in [0, 0.05) is 6.04 Å². The van der Waals surface area contributed by atoms with E-state index in [9.17, 15) is 0 Å². The van der Waals surface area contributed by atoms with Gasteiger partial charge < -0.3 is 16.6 Å². The first kappa shape index (κ1) is 6.42. The number of hydrogen-bond acceptors (Lipinski definition) is 3. The second-order valence-electron chi connectivity index (χ2n) is 2.39. The quantitative estimate of drug-likeness (QED) is 0.434. The molecule has 0 aromatic heterocycles. The van der Waals surface area contributed by atoms with Crippen LogP contribution in [0.5, 0.6) is 0 Å². The van der Waals surface area contributed by atoms with Gasteiger partial charge in [-0.3, -0.25) is 0 Å². The molecular weight excluding hydrogens is 114 g/mol. The van der Waals surface area contributed by atoms with Gasteiger partial charge in [-0.1, -0.05) is 0 Å². The van der Waals surface area contributed by atoms with Crippen molar-refractivity contribution < 1.29 is 0 Å². The maximum absolute atomic E-state index is 7.25. The second-order valence-corrected chi connectivity index (χ2v) is 2.39. The van der Waals surface area contributed by atoms with Crippen LogP contribution in [-0.2, 0) is 0 Å². The molecule has 1 unspecified atom stereocenters. The molecule has 1 rings (SSSR count). The summed E-state index contributed by atoms with van der Waals surface area (Å²) in [6, 6.07) is -0.161. The van der Waals surface area contributed by atoms with Gasteiger partial charge in [0.1, 0.15) is 0 Å². The molecule has 0 radical (unpaired) electrons. The van der Waals surface area contributed by atoms with Gasteiger partial charge in [-0.2, -0.15) is 0 Å². The van der Waals surface area contributed by atoms with E-state index in [1.54, 1.807) is 0 Å². The first-order chi connectivity index (χ1) is 4.22. The monoisotopic (exact) mass is 125 g/mol. The molecule has 1 atom stereocenters. The summed E-state index contributed by atoms with van der Waals surface area (Å²) in [4.78, 5) is 0. The van der Waals surface area contributed by atoms with Crippen molar-refractivity contribution in [3.8, 4) is 0 Å². The molecule has 0 aromatic carbocycles. The zero-order chi connectivity index (χ0) is 6.85. The predicted octanol–water partition coefficient (Wildman–Crippen LogP) is 0.537. The molecule has 1 fully saturated rings. The summed E-state index contributed by atoms with van der Waals surface area (Å²) >= 11 is 0. The van der Waals surface area contributed by atoms with E-state index in [4.69, 9.17) is 16.6 Å². The van der Waals surface area contributed by atoms with Gasteiger partial charge in [-0.25, -0.2) is 0 Å². The third kappa shape index (κ3) is 1.16. The van der Waals surface area contributed by atoms with Crippen LogP contribution in [0.1, 0.15) is 19.3 Å². The highest BCUT2D eigenvalue weighted by Crippen LogP contribution is 2.09. The molecule has 0 aliphatic heterocycles. The van der Waals surface area contributed by atoms with Crippen molar-refractivity contribution in [1.29, 1.82) is 10.8 Å². The minimum Gasteiger partial charge on any atom is -0.323 e. The Morgan fingerprint density at radius 2 is 2.11 bits per heavy atom. The maximum Gasteiger partial charge on any atom is 0.0688 e. The zero-order valence-corrected chi connectivity index (χ0v) is 5.28. The molecule has 1 aliphatic carbocycles. The summed E-state index contributed by atoms with van der Waals surface area (Å²) in [5.41, 5.74) is 6.26. The summed E-state index contributed by atoms with van der Waals surface area (Å²) in [6.45, 7) is 0. The van der Waals surface area contributed by atoms with Gasteiger partial charge in [0.2, 0.25) is 0 Å². The molecule has 4 N–H and O–H groups in total. The van der Waals surface area contributed by atoms with E-state index in [0.717, 1.165) is 19.3 Å². The van der Waals surface area contributed by atoms with Crippen LogP contribution in [0, 0.1) is 10.8 Å². The summed E-state index contributed by atoms with van der Waals surface area (Å²) in [5, 5.41) is 14.5. The maximum atomic E-state index is 7.25. The van der Waals surface area contributed by atoms with Crippen LogP contribution in [0.4, 0.5) is 0 Å². The Kier molecular flexibility index (Phi) is 1.62. The van der Waals surface area contributed by atoms with Crippen molar-refractivity contribution in [2.45, 2.75) is 25.3 Å².